The molecule has 0 radical (unpaired) electrons. The van der Waals surface area contributed by atoms with Crippen molar-refractivity contribution in [3.8, 4) is 0 Å². The molecule has 84 valence electrons. The summed E-state index contributed by atoms with van der Waals surface area (Å²) in [5, 5.41) is 16.0. The van der Waals surface area contributed by atoms with Gasteiger partial charge in [-0.1, -0.05) is 6.42 Å². The Bertz CT molecular complexity index is 133. The Hall–Kier alpha value is -0.120. The van der Waals surface area contributed by atoms with Crippen LogP contribution in [0, 0.1) is 0 Å². The first-order valence-corrected chi connectivity index (χ1v) is 5.91. The van der Waals surface area contributed by atoms with Crippen molar-refractivity contribution in [1.29, 1.82) is 0 Å². The standard InChI is InChI=1S/C11H24N2O/c1-10(14)5-4-7-12-9-11-6-2-3-8-13-11/h10-14H,2-9H2,1H3. The highest BCUT2D eigenvalue weighted by molar-refractivity contribution is 4.74. The molecule has 0 spiro atoms. The molecule has 0 aromatic heterocycles. The second-order valence-corrected chi connectivity index (χ2v) is 4.34. The minimum atomic E-state index is -0.149. The lowest BCUT2D eigenvalue weighted by atomic mass is 10.1. The molecule has 0 aromatic rings. The Morgan fingerprint density at radius 2 is 2.36 bits per heavy atom. The van der Waals surface area contributed by atoms with Gasteiger partial charge in [-0.25, -0.2) is 0 Å². The van der Waals surface area contributed by atoms with Gasteiger partial charge in [-0.15, -0.1) is 0 Å². The summed E-state index contributed by atoms with van der Waals surface area (Å²) in [5.41, 5.74) is 0. The molecule has 3 N–H and O–H groups in total. The zero-order valence-corrected chi connectivity index (χ0v) is 9.26. The average molecular weight is 200 g/mol. The first-order valence-electron chi connectivity index (χ1n) is 5.91. The second-order valence-electron chi connectivity index (χ2n) is 4.34. The van der Waals surface area contributed by atoms with E-state index in [1.807, 2.05) is 6.92 Å². The SMILES string of the molecule is CC(O)CCCNCC1CCCCN1. The first-order chi connectivity index (χ1) is 6.79. The van der Waals surface area contributed by atoms with Crippen LogP contribution in [0.15, 0.2) is 0 Å². The van der Waals surface area contributed by atoms with Gasteiger partial charge in [0.25, 0.3) is 0 Å². The molecule has 0 saturated carbocycles. The summed E-state index contributed by atoms with van der Waals surface area (Å²) in [4.78, 5) is 0. The van der Waals surface area contributed by atoms with Crippen molar-refractivity contribution < 1.29 is 5.11 Å². The highest BCUT2D eigenvalue weighted by Gasteiger charge is 2.10. The van der Waals surface area contributed by atoms with Crippen molar-refractivity contribution in [2.24, 2.45) is 0 Å². The summed E-state index contributed by atoms with van der Waals surface area (Å²) in [7, 11) is 0. The Morgan fingerprint density at radius 3 is 3.00 bits per heavy atom. The van der Waals surface area contributed by atoms with Crippen molar-refractivity contribution in [3.63, 3.8) is 0 Å². The summed E-state index contributed by atoms with van der Waals surface area (Å²) < 4.78 is 0. The fourth-order valence-electron chi connectivity index (χ4n) is 1.90. The zero-order valence-electron chi connectivity index (χ0n) is 9.26. The van der Waals surface area contributed by atoms with Crippen molar-refractivity contribution in [2.45, 2.75) is 51.2 Å². The van der Waals surface area contributed by atoms with Crippen LogP contribution in [0.3, 0.4) is 0 Å². The van der Waals surface area contributed by atoms with Crippen LogP contribution >= 0.6 is 0 Å². The zero-order chi connectivity index (χ0) is 10.2. The van der Waals surface area contributed by atoms with Crippen molar-refractivity contribution in [3.05, 3.63) is 0 Å². The van der Waals surface area contributed by atoms with E-state index >= 15 is 0 Å². The number of rotatable bonds is 6. The van der Waals surface area contributed by atoms with E-state index in [9.17, 15) is 0 Å². The topological polar surface area (TPSA) is 44.3 Å². The largest absolute Gasteiger partial charge is 0.393 e. The summed E-state index contributed by atoms with van der Waals surface area (Å²) >= 11 is 0. The molecule has 1 rings (SSSR count). The lowest BCUT2D eigenvalue weighted by Crippen LogP contribution is -2.41. The van der Waals surface area contributed by atoms with Crippen molar-refractivity contribution >= 4 is 0 Å². The minimum absolute atomic E-state index is 0.149. The molecular formula is C11H24N2O. The van der Waals surface area contributed by atoms with E-state index in [1.54, 1.807) is 0 Å². The van der Waals surface area contributed by atoms with Crippen LogP contribution in [-0.2, 0) is 0 Å². The van der Waals surface area contributed by atoms with E-state index < -0.39 is 0 Å². The van der Waals surface area contributed by atoms with Crippen LogP contribution < -0.4 is 10.6 Å². The van der Waals surface area contributed by atoms with Gasteiger partial charge in [-0.2, -0.15) is 0 Å². The number of hydrogen-bond donors (Lipinski definition) is 3. The number of aliphatic hydroxyl groups is 1. The lowest BCUT2D eigenvalue weighted by molar-refractivity contribution is 0.181. The van der Waals surface area contributed by atoms with Gasteiger partial charge >= 0.3 is 0 Å². The molecule has 14 heavy (non-hydrogen) atoms. The Morgan fingerprint density at radius 1 is 1.50 bits per heavy atom. The molecule has 3 heteroatoms. The monoisotopic (exact) mass is 200 g/mol. The Labute approximate surface area is 87.3 Å². The third-order valence-electron chi connectivity index (χ3n) is 2.78. The predicted octanol–water partition coefficient (Wildman–Crippen LogP) is 0.879. The van der Waals surface area contributed by atoms with Gasteiger partial charge in [-0.3, -0.25) is 0 Å². The maximum absolute atomic E-state index is 9.06. The van der Waals surface area contributed by atoms with E-state index in [4.69, 9.17) is 5.11 Å². The molecule has 1 saturated heterocycles. The fourth-order valence-corrected chi connectivity index (χ4v) is 1.90. The van der Waals surface area contributed by atoms with Crippen LogP contribution in [0.2, 0.25) is 0 Å². The smallest absolute Gasteiger partial charge is 0.0512 e. The van der Waals surface area contributed by atoms with Crippen LogP contribution in [0.25, 0.3) is 0 Å². The Kier molecular flexibility index (Phi) is 6.15. The molecule has 0 aliphatic carbocycles. The normalized spacial score (nSPS) is 24.9. The molecule has 0 amide bonds. The number of hydrogen-bond acceptors (Lipinski definition) is 3. The van der Waals surface area contributed by atoms with Crippen molar-refractivity contribution in [1.82, 2.24) is 10.6 Å². The third kappa shape index (κ3) is 5.58. The molecule has 1 aliphatic rings. The predicted molar refractivity (Wildman–Crippen MR) is 59.4 cm³/mol. The average Bonchev–Trinajstić information content (AvgIpc) is 2.18. The molecule has 0 bridgehead atoms. The summed E-state index contributed by atoms with van der Waals surface area (Å²) in [6.07, 6.45) is 5.84. The molecule has 1 aliphatic heterocycles. The number of nitrogens with one attached hydrogen (secondary N) is 2. The maximum atomic E-state index is 9.06. The van der Waals surface area contributed by atoms with Crippen molar-refractivity contribution in [2.75, 3.05) is 19.6 Å². The van der Waals surface area contributed by atoms with Gasteiger partial charge in [0.15, 0.2) is 0 Å². The van der Waals surface area contributed by atoms with Crippen LogP contribution in [0.4, 0.5) is 0 Å². The highest BCUT2D eigenvalue weighted by atomic mass is 16.3. The summed E-state index contributed by atoms with van der Waals surface area (Å²) in [5.74, 6) is 0. The quantitative estimate of drug-likeness (QED) is 0.558. The van der Waals surface area contributed by atoms with E-state index in [2.05, 4.69) is 10.6 Å². The van der Waals surface area contributed by atoms with E-state index in [-0.39, 0.29) is 6.10 Å². The lowest BCUT2D eigenvalue weighted by Gasteiger charge is -2.23. The van der Waals surface area contributed by atoms with Crippen LogP contribution in [0.1, 0.15) is 39.0 Å². The Balaban J connectivity index is 1.87. The van der Waals surface area contributed by atoms with E-state index in [1.165, 1.54) is 25.8 Å². The minimum Gasteiger partial charge on any atom is -0.393 e. The highest BCUT2D eigenvalue weighted by Crippen LogP contribution is 2.05. The van der Waals surface area contributed by atoms with Gasteiger partial charge in [0.1, 0.15) is 0 Å². The summed E-state index contributed by atoms with van der Waals surface area (Å²) in [6.45, 7) is 5.14. The number of aliphatic hydroxyl groups excluding tert-OH is 1. The fraction of sp³-hybridized carbons (Fsp3) is 1.00. The van der Waals surface area contributed by atoms with Crippen LogP contribution in [0.5, 0.6) is 0 Å². The molecule has 1 fully saturated rings. The van der Waals surface area contributed by atoms with E-state index in [0.29, 0.717) is 6.04 Å². The van der Waals surface area contributed by atoms with Gasteiger partial charge in [-0.05, 0) is 45.7 Å². The second kappa shape index (κ2) is 7.21. The number of piperidine rings is 1. The van der Waals surface area contributed by atoms with Gasteiger partial charge in [0.2, 0.25) is 0 Å². The maximum Gasteiger partial charge on any atom is 0.0512 e. The molecule has 3 nitrogen and oxygen atoms in total. The summed E-state index contributed by atoms with van der Waals surface area (Å²) in [6, 6.07) is 0.676. The van der Waals surface area contributed by atoms with Gasteiger partial charge in [0, 0.05) is 12.6 Å². The van der Waals surface area contributed by atoms with E-state index in [0.717, 1.165) is 25.9 Å². The molecule has 2 unspecified atom stereocenters. The molecular weight excluding hydrogens is 176 g/mol. The van der Waals surface area contributed by atoms with Gasteiger partial charge < -0.3 is 15.7 Å². The first kappa shape index (κ1) is 12.0. The van der Waals surface area contributed by atoms with Gasteiger partial charge in [0.05, 0.1) is 6.10 Å². The molecule has 2 atom stereocenters. The molecule has 1 heterocycles. The van der Waals surface area contributed by atoms with Crippen LogP contribution in [-0.4, -0.2) is 36.9 Å². The third-order valence-corrected chi connectivity index (χ3v) is 2.78. The molecule has 0 aromatic carbocycles.